The van der Waals surface area contributed by atoms with Gasteiger partial charge < -0.3 is 15.3 Å². The van der Waals surface area contributed by atoms with Crippen molar-refractivity contribution in [1.29, 1.82) is 0 Å². The summed E-state index contributed by atoms with van der Waals surface area (Å²) in [5, 5.41) is 20.9. The molecule has 0 unspecified atom stereocenters. The van der Waals surface area contributed by atoms with Crippen LogP contribution in [0.15, 0.2) is 73.2 Å². The van der Waals surface area contributed by atoms with Gasteiger partial charge in [-0.25, -0.2) is 14.6 Å². The number of nitrogens with one attached hydrogen (secondary N) is 1. The van der Waals surface area contributed by atoms with Crippen LogP contribution in [-0.4, -0.2) is 49.3 Å². The molecule has 3 heterocycles. The van der Waals surface area contributed by atoms with E-state index in [1.54, 1.807) is 23.3 Å². The quantitative estimate of drug-likeness (QED) is 0.518. The molecule has 0 atom stereocenters. The van der Waals surface area contributed by atoms with Gasteiger partial charge in [-0.3, -0.25) is 0 Å². The van der Waals surface area contributed by atoms with Crippen LogP contribution in [0, 0.1) is 0 Å². The first-order valence-electron chi connectivity index (χ1n) is 10.3. The number of hydrogen-bond donors (Lipinski definition) is 2. The van der Waals surface area contributed by atoms with Crippen molar-refractivity contribution in [1.82, 2.24) is 25.0 Å². The number of hydrogen-bond acceptors (Lipinski definition) is 7. The Kier molecular flexibility index (Phi) is 5.28. The molecule has 8 nitrogen and oxygen atoms in total. The first kappa shape index (κ1) is 19.2. The van der Waals surface area contributed by atoms with E-state index in [4.69, 9.17) is 4.98 Å². The normalized spacial score (nSPS) is 14.5. The molecular formula is C23H23N7O. The lowest BCUT2D eigenvalue weighted by atomic mass is 10.1. The van der Waals surface area contributed by atoms with Crippen molar-refractivity contribution in [2.75, 3.05) is 23.3 Å². The predicted octanol–water partition coefficient (Wildman–Crippen LogP) is 3.43. The molecule has 8 heteroatoms. The van der Waals surface area contributed by atoms with Crippen LogP contribution in [0.25, 0.3) is 16.9 Å². The highest BCUT2D eigenvalue weighted by atomic mass is 16.3. The monoisotopic (exact) mass is 413 g/mol. The van der Waals surface area contributed by atoms with Gasteiger partial charge in [-0.2, -0.15) is 0 Å². The summed E-state index contributed by atoms with van der Waals surface area (Å²) in [6.45, 7) is 1.73. The third kappa shape index (κ3) is 4.39. The van der Waals surface area contributed by atoms with Crippen LogP contribution < -0.4 is 10.2 Å². The van der Waals surface area contributed by atoms with E-state index in [0.29, 0.717) is 5.95 Å². The summed E-state index contributed by atoms with van der Waals surface area (Å²) >= 11 is 0. The second kappa shape index (κ2) is 8.53. The Hall–Kier alpha value is -3.78. The highest BCUT2D eigenvalue weighted by molar-refractivity contribution is 5.67. The van der Waals surface area contributed by atoms with Gasteiger partial charge in [0.25, 0.3) is 0 Å². The number of benzene rings is 2. The number of piperidine rings is 1. The number of anilines is 3. The molecule has 0 aliphatic carbocycles. The Morgan fingerprint density at radius 2 is 1.77 bits per heavy atom. The number of aliphatic hydroxyl groups is 1. The molecule has 2 aromatic heterocycles. The molecule has 31 heavy (non-hydrogen) atoms. The van der Waals surface area contributed by atoms with Crippen LogP contribution in [-0.2, 0) is 0 Å². The zero-order chi connectivity index (χ0) is 21.0. The van der Waals surface area contributed by atoms with Crippen LogP contribution in [0.1, 0.15) is 12.8 Å². The minimum absolute atomic E-state index is 0.180. The average molecular weight is 413 g/mol. The second-order valence-corrected chi connectivity index (χ2v) is 7.55. The zero-order valence-corrected chi connectivity index (χ0v) is 17.0. The Bertz CT molecular complexity index is 1140. The minimum Gasteiger partial charge on any atom is -0.393 e. The maximum atomic E-state index is 9.76. The van der Waals surface area contributed by atoms with Crippen molar-refractivity contribution in [3.05, 3.63) is 73.2 Å². The van der Waals surface area contributed by atoms with Gasteiger partial charge in [0, 0.05) is 36.2 Å². The Balaban J connectivity index is 1.33. The summed E-state index contributed by atoms with van der Waals surface area (Å²) in [5.74, 6) is 0.539. The van der Waals surface area contributed by atoms with Crippen LogP contribution in [0.4, 0.5) is 17.3 Å². The highest BCUT2D eigenvalue weighted by Gasteiger charge is 2.17. The third-order valence-electron chi connectivity index (χ3n) is 5.44. The van der Waals surface area contributed by atoms with Crippen molar-refractivity contribution < 1.29 is 5.11 Å². The average Bonchev–Trinajstić information content (AvgIpc) is 3.35. The molecule has 0 saturated carbocycles. The van der Waals surface area contributed by atoms with Crippen LogP contribution in [0.3, 0.4) is 0 Å². The molecule has 1 fully saturated rings. The summed E-state index contributed by atoms with van der Waals surface area (Å²) in [5.41, 5.74) is 4.87. The van der Waals surface area contributed by atoms with E-state index in [9.17, 15) is 5.11 Å². The fourth-order valence-corrected chi connectivity index (χ4v) is 3.74. The van der Waals surface area contributed by atoms with Gasteiger partial charge in [0.05, 0.1) is 29.9 Å². The molecule has 0 bridgehead atoms. The molecule has 156 valence electrons. The van der Waals surface area contributed by atoms with Crippen molar-refractivity contribution in [2.24, 2.45) is 0 Å². The van der Waals surface area contributed by atoms with Gasteiger partial charge in [-0.05, 0) is 55.3 Å². The highest BCUT2D eigenvalue weighted by Crippen LogP contribution is 2.26. The molecule has 4 aromatic rings. The largest absolute Gasteiger partial charge is 0.393 e. The maximum Gasteiger partial charge on any atom is 0.227 e. The predicted molar refractivity (Wildman–Crippen MR) is 120 cm³/mol. The van der Waals surface area contributed by atoms with Gasteiger partial charge in [0.2, 0.25) is 5.95 Å². The molecule has 1 aliphatic heterocycles. The zero-order valence-electron chi connectivity index (χ0n) is 17.0. The SMILES string of the molecule is OC1CCN(c2cccc(-c3ccnc(Nc4ccc(-n5ccnn5)cc4)n3)c2)CC1. The molecule has 1 saturated heterocycles. The summed E-state index contributed by atoms with van der Waals surface area (Å²) in [6.07, 6.45) is 6.64. The summed E-state index contributed by atoms with van der Waals surface area (Å²) in [4.78, 5) is 11.4. The lowest BCUT2D eigenvalue weighted by Crippen LogP contribution is -2.35. The van der Waals surface area contributed by atoms with E-state index < -0.39 is 0 Å². The van der Waals surface area contributed by atoms with Crippen LogP contribution in [0.5, 0.6) is 0 Å². The smallest absolute Gasteiger partial charge is 0.227 e. The van der Waals surface area contributed by atoms with Gasteiger partial charge >= 0.3 is 0 Å². The van der Waals surface area contributed by atoms with Crippen LogP contribution in [0.2, 0.25) is 0 Å². The molecule has 1 aliphatic rings. The van der Waals surface area contributed by atoms with Crippen molar-refractivity contribution in [2.45, 2.75) is 18.9 Å². The first-order valence-corrected chi connectivity index (χ1v) is 10.3. The topological polar surface area (TPSA) is 92.0 Å². The number of rotatable bonds is 5. The lowest BCUT2D eigenvalue weighted by molar-refractivity contribution is 0.145. The van der Waals surface area contributed by atoms with E-state index in [2.05, 4.69) is 43.7 Å². The summed E-state index contributed by atoms with van der Waals surface area (Å²) < 4.78 is 1.71. The van der Waals surface area contributed by atoms with E-state index >= 15 is 0 Å². The van der Waals surface area contributed by atoms with E-state index in [0.717, 1.165) is 54.3 Å². The Morgan fingerprint density at radius 3 is 2.55 bits per heavy atom. The van der Waals surface area contributed by atoms with Gasteiger partial charge in [-0.1, -0.05) is 17.3 Å². The summed E-state index contributed by atoms with van der Waals surface area (Å²) in [6, 6.07) is 18.1. The molecule has 0 spiro atoms. The lowest BCUT2D eigenvalue weighted by Gasteiger charge is -2.31. The number of aliphatic hydroxyl groups excluding tert-OH is 1. The first-order chi connectivity index (χ1) is 15.2. The molecule has 0 amide bonds. The van der Waals surface area contributed by atoms with Gasteiger partial charge in [-0.15, -0.1) is 5.10 Å². The standard InChI is InChI=1S/C23H23N7O/c31-21-9-13-29(14-10-21)20-3-1-2-17(16-20)22-8-11-24-23(27-22)26-18-4-6-19(7-5-18)30-15-12-25-28-30/h1-8,11-12,15-16,21,31H,9-10,13-14H2,(H,24,26,27). The number of nitrogens with zero attached hydrogens (tertiary/aromatic N) is 6. The second-order valence-electron chi connectivity index (χ2n) is 7.55. The van der Waals surface area contributed by atoms with Crippen LogP contribution >= 0.6 is 0 Å². The van der Waals surface area contributed by atoms with Crippen molar-refractivity contribution in [3.63, 3.8) is 0 Å². The fourth-order valence-electron chi connectivity index (χ4n) is 3.74. The summed E-state index contributed by atoms with van der Waals surface area (Å²) in [7, 11) is 0. The third-order valence-corrected chi connectivity index (χ3v) is 5.44. The number of aromatic nitrogens is 5. The van der Waals surface area contributed by atoms with Gasteiger partial charge in [0.15, 0.2) is 0 Å². The maximum absolute atomic E-state index is 9.76. The van der Waals surface area contributed by atoms with Crippen molar-refractivity contribution in [3.8, 4) is 16.9 Å². The Labute approximate surface area is 180 Å². The minimum atomic E-state index is -0.180. The Morgan fingerprint density at radius 1 is 0.935 bits per heavy atom. The molecule has 2 N–H and O–H groups in total. The van der Waals surface area contributed by atoms with Gasteiger partial charge in [0.1, 0.15) is 0 Å². The van der Waals surface area contributed by atoms with E-state index in [-0.39, 0.29) is 6.10 Å². The molecule has 5 rings (SSSR count). The molecule has 2 aromatic carbocycles. The van der Waals surface area contributed by atoms with E-state index in [1.165, 1.54) is 0 Å². The van der Waals surface area contributed by atoms with Crippen molar-refractivity contribution >= 4 is 17.3 Å². The molecular weight excluding hydrogens is 390 g/mol. The fraction of sp³-hybridized carbons (Fsp3) is 0.217. The molecule has 0 radical (unpaired) electrons. The van der Waals surface area contributed by atoms with E-state index in [1.807, 2.05) is 36.4 Å².